The Balaban J connectivity index is 1.87. The monoisotopic (exact) mass is 384 g/mol. The first-order chi connectivity index (χ1) is 12.8. The zero-order chi connectivity index (χ0) is 19.8. The first-order valence-electron chi connectivity index (χ1n) is 8.60. The molecule has 0 bridgehead atoms. The molecule has 2 aromatic rings. The van der Waals surface area contributed by atoms with Crippen LogP contribution >= 0.6 is 12.2 Å². The van der Waals surface area contributed by atoms with Crippen molar-refractivity contribution in [2.24, 2.45) is 0 Å². The highest BCUT2D eigenvalue weighted by molar-refractivity contribution is 7.80. The van der Waals surface area contributed by atoms with Gasteiger partial charge in [-0.15, -0.1) is 0 Å². The minimum absolute atomic E-state index is 0.0824. The molecule has 0 aromatic heterocycles. The molecule has 0 atom stereocenters. The Morgan fingerprint density at radius 2 is 1.67 bits per heavy atom. The number of carbonyl (C=O) groups is 1. The van der Waals surface area contributed by atoms with Gasteiger partial charge in [-0.25, -0.2) is 0 Å². The van der Waals surface area contributed by atoms with Gasteiger partial charge in [0.15, 0.2) is 5.11 Å². The molecule has 0 aliphatic rings. The van der Waals surface area contributed by atoms with Gasteiger partial charge in [0.1, 0.15) is 18.1 Å². The van der Waals surface area contributed by atoms with Gasteiger partial charge in [0.2, 0.25) is 0 Å². The molecular formula is C21H24N2O3S. The molecule has 2 aromatic carbocycles. The normalized spacial score (nSPS) is 10.2. The molecule has 0 fully saturated rings. The smallest absolute Gasteiger partial charge is 0.257 e. The van der Waals surface area contributed by atoms with E-state index in [2.05, 4.69) is 17.2 Å². The third-order valence-electron chi connectivity index (χ3n) is 3.31. The van der Waals surface area contributed by atoms with Gasteiger partial charge in [0.25, 0.3) is 5.91 Å². The fourth-order valence-electron chi connectivity index (χ4n) is 2.14. The number of thiocarbonyl (C=S) groups is 1. The number of amides is 1. The van der Waals surface area contributed by atoms with Crippen LogP contribution in [-0.4, -0.2) is 23.7 Å². The van der Waals surface area contributed by atoms with Crippen LogP contribution in [0, 0.1) is 0 Å². The van der Waals surface area contributed by atoms with Crippen LogP contribution in [0.1, 0.15) is 31.1 Å². The number of ether oxygens (including phenoxy) is 2. The van der Waals surface area contributed by atoms with Crippen LogP contribution in [0.2, 0.25) is 0 Å². The van der Waals surface area contributed by atoms with E-state index >= 15 is 0 Å². The molecule has 0 spiro atoms. The van der Waals surface area contributed by atoms with E-state index in [1.807, 2.05) is 45.0 Å². The van der Waals surface area contributed by atoms with E-state index in [-0.39, 0.29) is 17.1 Å². The number of anilines is 1. The average Bonchev–Trinajstić information content (AvgIpc) is 2.61. The topological polar surface area (TPSA) is 59.6 Å². The number of benzene rings is 2. The summed E-state index contributed by atoms with van der Waals surface area (Å²) >= 11 is 5.20. The van der Waals surface area contributed by atoms with Gasteiger partial charge in [0, 0.05) is 11.3 Å². The largest absolute Gasteiger partial charge is 0.491 e. The van der Waals surface area contributed by atoms with Crippen molar-refractivity contribution >= 4 is 28.9 Å². The Bertz CT molecular complexity index is 799. The van der Waals surface area contributed by atoms with Crippen molar-refractivity contribution in [2.75, 3.05) is 11.9 Å². The Morgan fingerprint density at radius 3 is 2.22 bits per heavy atom. The fraction of sp³-hybridized carbons (Fsp3) is 0.238. The van der Waals surface area contributed by atoms with Gasteiger partial charge in [0.05, 0.1) is 6.10 Å². The van der Waals surface area contributed by atoms with E-state index in [0.717, 1.165) is 22.8 Å². The second-order valence-corrected chi connectivity index (χ2v) is 6.78. The van der Waals surface area contributed by atoms with Crippen molar-refractivity contribution in [1.29, 1.82) is 0 Å². The molecule has 0 aliphatic carbocycles. The number of hydrogen-bond acceptors (Lipinski definition) is 4. The van der Waals surface area contributed by atoms with Gasteiger partial charge < -0.3 is 14.8 Å². The molecule has 5 nitrogen and oxygen atoms in total. The van der Waals surface area contributed by atoms with Gasteiger partial charge in [-0.3, -0.25) is 10.1 Å². The zero-order valence-electron chi connectivity index (χ0n) is 15.7. The van der Waals surface area contributed by atoms with E-state index in [9.17, 15) is 4.79 Å². The van der Waals surface area contributed by atoms with Crippen molar-refractivity contribution in [3.63, 3.8) is 0 Å². The lowest BCUT2D eigenvalue weighted by Crippen LogP contribution is -2.34. The summed E-state index contributed by atoms with van der Waals surface area (Å²) in [5, 5.41) is 5.85. The molecule has 2 rings (SSSR count). The minimum Gasteiger partial charge on any atom is -0.491 e. The summed E-state index contributed by atoms with van der Waals surface area (Å²) < 4.78 is 11.1. The van der Waals surface area contributed by atoms with Crippen molar-refractivity contribution in [1.82, 2.24) is 5.32 Å². The molecule has 6 heteroatoms. The summed E-state index contributed by atoms with van der Waals surface area (Å²) in [6, 6.07) is 14.2. The summed E-state index contributed by atoms with van der Waals surface area (Å²) in [7, 11) is 0. The predicted octanol–water partition coefficient (Wildman–Crippen LogP) is 4.56. The molecule has 0 unspecified atom stereocenters. The van der Waals surface area contributed by atoms with Crippen LogP contribution in [-0.2, 0) is 0 Å². The molecule has 0 heterocycles. The van der Waals surface area contributed by atoms with Gasteiger partial charge in [-0.1, -0.05) is 6.58 Å². The predicted molar refractivity (Wildman–Crippen MR) is 113 cm³/mol. The van der Waals surface area contributed by atoms with Crippen LogP contribution in [0.25, 0.3) is 0 Å². The highest BCUT2D eigenvalue weighted by Gasteiger charge is 2.09. The van der Waals surface area contributed by atoms with Gasteiger partial charge in [-0.05, 0) is 87.1 Å². The quantitative estimate of drug-likeness (QED) is 0.541. The second kappa shape index (κ2) is 9.73. The number of nitrogens with one attached hydrogen (secondary N) is 2. The zero-order valence-corrected chi connectivity index (χ0v) is 16.6. The van der Waals surface area contributed by atoms with E-state index in [4.69, 9.17) is 21.7 Å². The van der Waals surface area contributed by atoms with Gasteiger partial charge in [-0.2, -0.15) is 0 Å². The summed E-state index contributed by atoms with van der Waals surface area (Å²) in [6.07, 6.45) is 0.0824. The molecular weight excluding hydrogens is 360 g/mol. The first-order valence-corrected chi connectivity index (χ1v) is 9.00. The second-order valence-electron chi connectivity index (χ2n) is 6.37. The van der Waals surface area contributed by atoms with Crippen molar-refractivity contribution < 1.29 is 14.3 Å². The van der Waals surface area contributed by atoms with Crippen molar-refractivity contribution in [3.8, 4) is 11.5 Å². The maximum Gasteiger partial charge on any atom is 0.257 e. The molecule has 2 N–H and O–H groups in total. The maximum absolute atomic E-state index is 12.3. The minimum atomic E-state index is -0.287. The SMILES string of the molecule is C=C(C)COc1ccc(NC(=S)NC(=O)c2ccc(OC(C)C)cc2)cc1. The fourth-order valence-corrected chi connectivity index (χ4v) is 2.35. The maximum atomic E-state index is 12.3. The number of carbonyl (C=O) groups excluding carboxylic acids is 1. The Labute approximate surface area is 165 Å². The Hall–Kier alpha value is -2.86. The molecule has 27 heavy (non-hydrogen) atoms. The van der Waals surface area contributed by atoms with Gasteiger partial charge >= 0.3 is 0 Å². The lowest BCUT2D eigenvalue weighted by atomic mass is 10.2. The highest BCUT2D eigenvalue weighted by atomic mass is 32.1. The van der Waals surface area contributed by atoms with Crippen LogP contribution in [0.15, 0.2) is 60.7 Å². The molecule has 142 valence electrons. The van der Waals surface area contributed by atoms with E-state index in [0.29, 0.717) is 12.2 Å². The molecule has 1 amide bonds. The van der Waals surface area contributed by atoms with E-state index in [1.165, 1.54) is 0 Å². The summed E-state index contributed by atoms with van der Waals surface area (Å²) in [6.45, 7) is 10.1. The Morgan fingerprint density at radius 1 is 1.07 bits per heavy atom. The van der Waals surface area contributed by atoms with Crippen LogP contribution in [0.5, 0.6) is 11.5 Å². The summed E-state index contributed by atoms with van der Waals surface area (Å²) in [5.74, 6) is 1.17. The van der Waals surface area contributed by atoms with Crippen LogP contribution in [0.4, 0.5) is 5.69 Å². The first kappa shape index (κ1) is 20.5. The number of hydrogen-bond donors (Lipinski definition) is 2. The van der Waals surface area contributed by atoms with Crippen molar-refractivity contribution in [3.05, 3.63) is 66.2 Å². The Kier molecular flexibility index (Phi) is 7.37. The number of rotatable bonds is 7. The van der Waals surface area contributed by atoms with Crippen molar-refractivity contribution in [2.45, 2.75) is 26.9 Å². The molecule has 0 aliphatic heterocycles. The molecule has 0 saturated heterocycles. The van der Waals surface area contributed by atoms with Crippen LogP contribution in [0.3, 0.4) is 0 Å². The summed E-state index contributed by atoms with van der Waals surface area (Å²) in [4.78, 5) is 12.3. The standard InChI is InChI=1S/C21H24N2O3S/c1-14(2)13-25-18-11-7-17(8-12-18)22-21(27)23-20(24)16-5-9-19(10-6-16)26-15(3)4/h5-12,15H,1,13H2,2-4H3,(H2,22,23,24,27). The molecule has 0 saturated carbocycles. The third kappa shape index (κ3) is 7.11. The van der Waals surface area contributed by atoms with Crippen LogP contribution < -0.4 is 20.1 Å². The average molecular weight is 385 g/mol. The van der Waals surface area contributed by atoms with E-state index < -0.39 is 0 Å². The van der Waals surface area contributed by atoms with E-state index in [1.54, 1.807) is 24.3 Å². The molecule has 0 radical (unpaired) electrons. The highest BCUT2D eigenvalue weighted by Crippen LogP contribution is 2.17. The third-order valence-corrected chi connectivity index (χ3v) is 3.52. The lowest BCUT2D eigenvalue weighted by Gasteiger charge is -2.12. The lowest BCUT2D eigenvalue weighted by molar-refractivity contribution is 0.0977. The summed E-state index contributed by atoms with van der Waals surface area (Å²) in [5.41, 5.74) is 2.20.